The second kappa shape index (κ2) is 10.6. The summed E-state index contributed by atoms with van der Waals surface area (Å²) >= 11 is 0. The van der Waals surface area contributed by atoms with Crippen LogP contribution in [-0.2, 0) is 22.6 Å². The average Bonchev–Trinajstić information content (AvgIpc) is 2.77. The van der Waals surface area contributed by atoms with Crippen molar-refractivity contribution in [2.45, 2.75) is 45.3 Å². The maximum absolute atomic E-state index is 13.3. The summed E-state index contributed by atoms with van der Waals surface area (Å²) in [6.45, 7) is 4.98. The Kier molecular flexibility index (Phi) is 7.91. The van der Waals surface area contributed by atoms with Crippen molar-refractivity contribution in [1.29, 1.82) is 0 Å². The molecule has 2 atom stereocenters. The molecule has 0 bridgehead atoms. The van der Waals surface area contributed by atoms with Gasteiger partial charge in [0.1, 0.15) is 11.8 Å². The van der Waals surface area contributed by atoms with Crippen molar-refractivity contribution in [2.75, 3.05) is 27.7 Å². The smallest absolute Gasteiger partial charge is 0.243 e. The quantitative estimate of drug-likeness (QED) is 0.688. The predicted molar refractivity (Wildman–Crippen MR) is 126 cm³/mol. The Labute approximate surface area is 191 Å². The number of benzene rings is 2. The summed E-state index contributed by atoms with van der Waals surface area (Å²) in [7, 11) is 5.63. The lowest BCUT2D eigenvalue weighted by atomic mass is 9.92. The van der Waals surface area contributed by atoms with Crippen LogP contribution in [0, 0.1) is 5.92 Å². The monoisotopic (exact) mass is 437 g/mol. The SMILES string of the molecule is COc1cccc(C(CNC(=O)C2Cc3ccccc3CN2C(=O)CC(C)C)N(C)C)c1. The molecule has 2 amide bonds. The molecule has 172 valence electrons. The Morgan fingerprint density at radius 2 is 1.84 bits per heavy atom. The lowest BCUT2D eigenvalue weighted by Gasteiger charge is -2.37. The van der Waals surface area contributed by atoms with Gasteiger partial charge < -0.3 is 19.9 Å². The molecule has 1 aliphatic rings. The summed E-state index contributed by atoms with van der Waals surface area (Å²) in [5.74, 6) is 0.961. The van der Waals surface area contributed by atoms with Gasteiger partial charge in [-0.3, -0.25) is 9.59 Å². The van der Waals surface area contributed by atoms with Gasteiger partial charge in [0, 0.05) is 25.9 Å². The zero-order chi connectivity index (χ0) is 23.3. The fourth-order valence-electron chi connectivity index (χ4n) is 4.25. The zero-order valence-corrected chi connectivity index (χ0v) is 19.8. The minimum Gasteiger partial charge on any atom is -0.497 e. The van der Waals surface area contributed by atoms with Gasteiger partial charge in [-0.25, -0.2) is 0 Å². The number of nitrogens with zero attached hydrogens (tertiary/aromatic N) is 2. The summed E-state index contributed by atoms with van der Waals surface area (Å²) in [4.78, 5) is 30.2. The molecule has 6 nitrogen and oxygen atoms in total. The lowest BCUT2D eigenvalue weighted by molar-refractivity contribution is -0.142. The highest BCUT2D eigenvalue weighted by Gasteiger charge is 2.34. The van der Waals surface area contributed by atoms with Crippen molar-refractivity contribution in [2.24, 2.45) is 5.92 Å². The van der Waals surface area contributed by atoms with Gasteiger partial charge >= 0.3 is 0 Å². The summed E-state index contributed by atoms with van der Waals surface area (Å²) in [6, 6.07) is 15.5. The number of carbonyl (C=O) groups is 2. The largest absolute Gasteiger partial charge is 0.497 e. The van der Waals surface area contributed by atoms with Crippen molar-refractivity contribution in [3.05, 3.63) is 65.2 Å². The Bertz CT molecular complexity index is 941. The minimum absolute atomic E-state index is 0.00950. The molecule has 0 spiro atoms. The first-order chi connectivity index (χ1) is 15.3. The molecule has 1 aliphatic heterocycles. The van der Waals surface area contributed by atoms with Gasteiger partial charge in [0.15, 0.2) is 0 Å². The number of methoxy groups -OCH3 is 1. The van der Waals surface area contributed by atoms with Crippen molar-refractivity contribution >= 4 is 11.8 Å². The van der Waals surface area contributed by atoms with E-state index in [1.807, 2.05) is 70.4 Å². The molecule has 6 heteroatoms. The number of fused-ring (bicyclic) bond motifs is 1. The standard InChI is InChI=1S/C26H35N3O3/c1-18(2)13-25(30)29-17-21-10-7-6-9-19(21)15-23(29)26(31)27-16-24(28(3)4)20-11-8-12-22(14-20)32-5/h6-12,14,18,23-24H,13,15-17H2,1-5H3,(H,27,31). The highest BCUT2D eigenvalue weighted by molar-refractivity contribution is 5.88. The molecule has 0 aromatic heterocycles. The number of nitrogens with one attached hydrogen (secondary N) is 1. The minimum atomic E-state index is -0.496. The fraction of sp³-hybridized carbons (Fsp3) is 0.462. The van der Waals surface area contributed by atoms with E-state index in [0.717, 1.165) is 22.4 Å². The van der Waals surface area contributed by atoms with E-state index in [0.29, 0.717) is 25.9 Å². The van der Waals surface area contributed by atoms with Gasteiger partial charge in [0.25, 0.3) is 0 Å². The number of amides is 2. The molecular weight excluding hydrogens is 402 g/mol. The number of carbonyl (C=O) groups excluding carboxylic acids is 2. The number of rotatable bonds is 8. The second-order valence-corrected chi connectivity index (χ2v) is 9.11. The molecule has 2 aromatic rings. The molecule has 1 heterocycles. The van der Waals surface area contributed by atoms with Crippen LogP contribution in [0.2, 0.25) is 0 Å². The van der Waals surface area contributed by atoms with E-state index in [4.69, 9.17) is 4.74 Å². The third-order valence-corrected chi connectivity index (χ3v) is 6.03. The zero-order valence-electron chi connectivity index (χ0n) is 19.8. The molecule has 0 saturated carbocycles. The van der Waals surface area contributed by atoms with Crippen molar-refractivity contribution < 1.29 is 14.3 Å². The summed E-state index contributed by atoms with van der Waals surface area (Å²) in [5, 5.41) is 3.12. The topological polar surface area (TPSA) is 61.9 Å². The fourth-order valence-corrected chi connectivity index (χ4v) is 4.25. The summed E-state index contributed by atoms with van der Waals surface area (Å²) < 4.78 is 5.36. The first-order valence-corrected chi connectivity index (χ1v) is 11.2. The average molecular weight is 438 g/mol. The number of hydrogen-bond donors (Lipinski definition) is 1. The first kappa shape index (κ1) is 23.8. The lowest BCUT2D eigenvalue weighted by Crippen LogP contribution is -2.53. The van der Waals surface area contributed by atoms with Crippen LogP contribution >= 0.6 is 0 Å². The molecule has 3 rings (SSSR count). The highest BCUT2D eigenvalue weighted by atomic mass is 16.5. The molecular formula is C26H35N3O3. The maximum atomic E-state index is 13.3. The number of hydrogen-bond acceptors (Lipinski definition) is 4. The molecule has 0 aliphatic carbocycles. The molecule has 0 radical (unpaired) electrons. The van der Waals surface area contributed by atoms with E-state index in [-0.39, 0.29) is 23.8 Å². The van der Waals surface area contributed by atoms with E-state index < -0.39 is 6.04 Å². The van der Waals surface area contributed by atoms with Crippen LogP contribution in [-0.4, -0.2) is 55.4 Å². The van der Waals surface area contributed by atoms with Crippen LogP contribution < -0.4 is 10.1 Å². The Morgan fingerprint density at radius 1 is 1.12 bits per heavy atom. The highest BCUT2D eigenvalue weighted by Crippen LogP contribution is 2.26. The van der Waals surface area contributed by atoms with Gasteiger partial charge in [-0.1, -0.05) is 50.2 Å². The third-order valence-electron chi connectivity index (χ3n) is 6.03. The molecule has 0 fully saturated rings. The van der Waals surface area contributed by atoms with Crippen LogP contribution in [0.15, 0.2) is 48.5 Å². The van der Waals surface area contributed by atoms with Crippen molar-refractivity contribution in [1.82, 2.24) is 15.1 Å². The Balaban J connectivity index is 1.77. The molecule has 1 N–H and O–H groups in total. The number of ether oxygens (including phenoxy) is 1. The van der Waals surface area contributed by atoms with Crippen LogP contribution in [0.1, 0.15) is 43.0 Å². The predicted octanol–water partition coefficient (Wildman–Crippen LogP) is 3.41. The van der Waals surface area contributed by atoms with E-state index in [9.17, 15) is 9.59 Å². The van der Waals surface area contributed by atoms with Crippen LogP contribution in [0.4, 0.5) is 0 Å². The molecule has 2 aromatic carbocycles. The van der Waals surface area contributed by atoms with Crippen LogP contribution in [0.25, 0.3) is 0 Å². The van der Waals surface area contributed by atoms with Crippen LogP contribution in [0.5, 0.6) is 5.75 Å². The van der Waals surface area contributed by atoms with Gasteiger partial charge in [-0.05, 0) is 48.8 Å². The Morgan fingerprint density at radius 3 is 2.50 bits per heavy atom. The van der Waals surface area contributed by atoms with Crippen molar-refractivity contribution in [3.63, 3.8) is 0 Å². The molecule has 32 heavy (non-hydrogen) atoms. The van der Waals surface area contributed by atoms with E-state index in [1.165, 1.54) is 0 Å². The number of likely N-dealkylation sites (N-methyl/N-ethyl adjacent to an activating group) is 1. The van der Waals surface area contributed by atoms with Crippen molar-refractivity contribution in [3.8, 4) is 5.75 Å². The van der Waals surface area contributed by atoms with Crippen LogP contribution in [0.3, 0.4) is 0 Å². The first-order valence-electron chi connectivity index (χ1n) is 11.2. The van der Waals surface area contributed by atoms with E-state index in [2.05, 4.69) is 16.3 Å². The van der Waals surface area contributed by atoms with Gasteiger partial charge in [0.2, 0.25) is 11.8 Å². The van der Waals surface area contributed by atoms with Gasteiger partial charge in [-0.15, -0.1) is 0 Å². The van der Waals surface area contributed by atoms with Gasteiger partial charge in [-0.2, -0.15) is 0 Å². The summed E-state index contributed by atoms with van der Waals surface area (Å²) in [5.41, 5.74) is 3.32. The summed E-state index contributed by atoms with van der Waals surface area (Å²) in [6.07, 6.45) is 0.980. The second-order valence-electron chi connectivity index (χ2n) is 9.11. The normalized spacial score (nSPS) is 16.6. The van der Waals surface area contributed by atoms with E-state index >= 15 is 0 Å². The molecule has 0 saturated heterocycles. The Hall–Kier alpha value is -2.86. The maximum Gasteiger partial charge on any atom is 0.243 e. The van der Waals surface area contributed by atoms with Gasteiger partial charge in [0.05, 0.1) is 13.2 Å². The third kappa shape index (κ3) is 5.68. The molecule has 2 unspecified atom stereocenters. The van der Waals surface area contributed by atoms with E-state index in [1.54, 1.807) is 12.0 Å².